The van der Waals surface area contributed by atoms with E-state index < -0.39 is 17.7 Å². The molecule has 0 spiro atoms. The Balaban J connectivity index is 2.81. The Hall–Kier alpha value is -2.05. The van der Waals surface area contributed by atoms with Gasteiger partial charge in [0.2, 0.25) is 0 Å². The van der Waals surface area contributed by atoms with Crippen LogP contribution in [0.5, 0.6) is 0 Å². The topological polar surface area (TPSA) is 93.5 Å². The Labute approximate surface area is 117 Å². The van der Waals surface area contributed by atoms with Gasteiger partial charge in [-0.1, -0.05) is 0 Å². The van der Waals surface area contributed by atoms with Crippen molar-refractivity contribution in [1.82, 2.24) is 9.78 Å². The number of ether oxygens (including phenoxy) is 1. The van der Waals surface area contributed by atoms with Gasteiger partial charge in [0, 0.05) is 0 Å². The number of aromatic nitrogens is 2. The number of carboxylic acids is 1. The highest BCUT2D eigenvalue weighted by Crippen LogP contribution is 2.20. The first-order valence-corrected chi connectivity index (χ1v) is 6.36. The van der Waals surface area contributed by atoms with Crippen LogP contribution in [0.4, 0.5) is 10.5 Å². The molecule has 0 saturated carbocycles. The third-order valence-corrected chi connectivity index (χ3v) is 2.54. The maximum atomic E-state index is 11.7. The summed E-state index contributed by atoms with van der Waals surface area (Å²) in [6, 6.07) is 0. The smallest absolute Gasteiger partial charge is 0.412 e. The van der Waals surface area contributed by atoms with E-state index in [0.29, 0.717) is 17.1 Å². The number of hydrogen-bond acceptors (Lipinski definition) is 4. The van der Waals surface area contributed by atoms with E-state index in [0.717, 1.165) is 0 Å². The molecule has 0 atom stereocenters. The van der Waals surface area contributed by atoms with Crippen molar-refractivity contribution in [3.63, 3.8) is 0 Å². The minimum atomic E-state index is -0.890. The molecule has 0 unspecified atom stereocenters. The molecular formula is C13H21N3O4. The minimum absolute atomic E-state index is 0.0200. The third kappa shape index (κ3) is 4.56. The lowest BCUT2D eigenvalue weighted by atomic mass is 10.2. The second kappa shape index (κ2) is 5.94. The van der Waals surface area contributed by atoms with E-state index in [-0.39, 0.29) is 13.0 Å². The molecule has 0 aliphatic rings. The lowest BCUT2D eigenvalue weighted by Gasteiger charge is -2.19. The number of carbonyl (C=O) groups excluding carboxylic acids is 1. The highest BCUT2D eigenvalue weighted by atomic mass is 16.6. The summed E-state index contributed by atoms with van der Waals surface area (Å²) in [5.74, 6) is -0.890. The fourth-order valence-corrected chi connectivity index (χ4v) is 1.70. The fourth-order valence-electron chi connectivity index (χ4n) is 1.70. The molecule has 20 heavy (non-hydrogen) atoms. The molecule has 112 valence electrons. The van der Waals surface area contributed by atoms with Crippen molar-refractivity contribution in [2.45, 2.75) is 53.2 Å². The van der Waals surface area contributed by atoms with Crippen LogP contribution in [0.15, 0.2) is 0 Å². The molecule has 2 N–H and O–H groups in total. The third-order valence-electron chi connectivity index (χ3n) is 2.54. The van der Waals surface area contributed by atoms with Crippen LogP contribution in [0.3, 0.4) is 0 Å². The lowest BCUT2D eigenvalue weighted by molar-refractivity contribution is -0.137. The van der Waals surface area contributed by atoms with Gasteiger partial charge in [-0.15, -0.1) is 0 Å². The minimum Gasteiger partial charge on any atom is -0.481 e. The summed E-state index contributed by atoms with van der Waals surface area (Å²) in [6.07, 6.45) is -0.574. The summed E-state index contributed by atoms with van der Waals surface area (Å²) in [7, 11) is 0. The Morgan fingerprint density at radius 2 is 1.95 bits per heavy atom. The summed E-state index contributed by atoms with van der Waals surface area (Å²) >= 11 is 0. The molecule has 0 fully saturated rings. The van der Waals surface area contributed by atoms with Crippen LogP contribution in [0.1, 0.15) is 38.6 Å². The Bertz CT molecular complexity index is 514. The number of nitrogens with one attached hydrogen (secondary N) is 1. The van der Waals surface area contributed by atoms with Crippen LogP contribution in [-0.4, -0.2) is 32.6 Å². The molecule has 7 heteroatoms. The predicted octanol–water partition coefficient (Wildman–Crippen LogP) is 2.32. The van der Waals surface area contributed by atoms with E-state index in [1.165, 1.54) is 0 Å². The van der Waals surface area contributed by atoms with Crippen molar-refractivity contribution in [3.8, 4) is 0 Å². The number of rotatable bonds is 4. The van der Waals surface area contributed by atoms with Crippen molar-refractivity contribution < 1.29 is 19.4 Å². The molecule has 1 heterocycles. The SMILES string of the molecule is Cc1nn(CCC(=O)O)c(C)c1NC(=O)OC(C)(C)C. The molecule has 1 aromatic rings. The van der Waals surface area contributed by atoms with Crippen LogP contribution in [0, 0.1) is 13.8 Å². The van der Waals surface area contributed by atoms with Crippen molar-refractivity contribution in [1.29, 1.82) is 0 Å². The van der Waals surface area contributed by atoms with Crippen LogP contribution in [-0.2, 0) is 16.1 Å². The standard InChI is InChI=1S/C13H21N3O4/c1-8-11(14-12(19)20-13(3,4)5)9(2)16(15-8)7-6-10(17)18/h6-7H2,1-5H3,(H,14,19)(H,17,18). The highest BCUT2D eigenvalue weighted by molar-refractivity contribution is 5.86. The molecule has 7 nitrogen and oxygen atoms in total. The molecule has 0 aliphatic carbocycles. The van der Waals surface area contributed by atoms with Gasteiger partial charge in [-0.25, -0.2) is 4.79 Å². The molecule has 1 rings (SSSR count). The number of aryl methyl sites for hydroxylation is 2. The summed E-state index contributed by atoms with van der Waals surface area (Å²) < 4.78 is 6.74. The van der Waals surface area contributed by atoms with Crippen LogP contribution in [0.2, 0.25) is 0 Å². The van der Waals surface area contributed by atoms with Crippen molar-refractivity contribution >= 4 is 17.7 Å². The first-order valence-electron chi connectivity index (χ1n) is 6.36. The Morgan fingerprint density at radius 1 is 1.35 bits per heavy atom. The molecule has 0 aromatic carbocycles. The molecule has 0 saturated heterocycles. The van der Waals surface area contributed by atoms with E-state index in [2.05, 4.69) is 10.4 Å². The van der Waals surface area contributed by atoms with E-state index in [9.17, 15) is 9.59 Å². The van der Waals surface area contributed by atoms with E-state index >= 15 is 0 Å². The molecule has 1 aromatic heterocycles. The van der Waals surface area contributed by atoms with Gasteiger partial charge in [-0.2, -0.15) is 5.10 Å². The van der Waals surface area contributed by atoms with E-state index in [4.69, 9.17) is 9.84 Å². The van der Waals surface area contributed by atoms with Gasteiger partial charge < -0.3 is 9.84 Å². The normalized spacial score (nSPS) is 11.2. The van der Waals surface area contributed by atoms with E-state index in [1.54, 1.807) is 39.3 Å². The Morgan fingerprint density at radius 3 is 2.45 bits per heavy atom. The first-order chi connectivity index (χ1) is 9.10. The summed E-state index contributed by atoms with van der Waals surface area (Å²) in [6.45, 7) is 9.12. The largest absolute Gasteiger partial charge is 0.481 e. The fraction of sp³-hybridized carbons (Fsp3) is 0.615. The lowest BCUT2D eigenvalue weighted by Crippen LogP contribution is -2.27. The zero-order valence-electron chi connectivity index (χ0n) is 12.5. The van der Waals surface area contributed by atoms with Gasteiger partial charge >= 0.3 is 12.1 Å². The second-order valence-electron chi connectivity index (χ2n) is 5.54. The number of carboxylic acid groups (broad SMARTS) is 1. The Kier molecular flexibility index (Phi) is 4.75. The number of carbonyl (C=O) groups is 2. The van der Waals surface area contributed by atoms with Crippen LogP contribution >= 0.6 is 0 Å². The number of anilines is 1. The zero-order valence-corrected chi connectivity index (χ0v) is 12.5. The predicted molar refractivity (Wildman–Crippen MR) is 73.8 cm³/mol. The monoisotopic (exact) mass is 283 g/mol. The van der Waals surface area contributed by atoms with Crippen molar-refractivity contribution in [2.75, 3.05) is 5.32 Å². The number of hydrogen-bond donors (Lipinski definition) is 2. The molecule has 0 aliphatic heterocycles. The summed E-state index contributed by atoms with van der Waals surface area (Å²) in [4.78, 5) is 22.3. The van der Waals surface area contributed by atoms with Gasteiger partial charge in [-0.05, 0) is 34.6 Å². The van der Waals surface area contributed by atoms with Crippen LogP contribution < -0.4 is 5.32 Å². The van der Waals surface area contributed by atoms with Gasteiger partial charge in [-0.3, -0.25) is 14.8 Å². The van der Waals surface area contributed by atoms with Gasteiger partial charge in [0.15, 0.2) is 0 Å². The number of amides is 1. The van der Waals surface area contributed by atoms with E-state index in [1.807, 2.05) is 0 Å². The van der Waals surface area contributed by atoms with Gasteiger partial charge in [0.1, 0.15) is 5.60 Å². The maximum Gasteiger partial charge on any atom is 0.412 e. The molecule has 0 bridgehead atoms. The van der Waals surface area contributed by atoms with Crippen molar-refractivity contribution in [3.05, 3.63) is 11.4 Å². The number of aliphatic carboxylic acids is 1. The first kappa shape index (κ1) is 16.0. The van der Waals surface area contributed by atoms with Crippen LogP contribution in [0.25, 0.3) is 0 Å². The average Bonchev–Trinajstić information content (AvgIpc) is 2.51. The average molecular weight is 283 g/mol. The quantitative estimate of drug-likeness (QED) is 0.884. The molecule has 0 radical (unpaired) electrons. The molecular weight excluding hydrogens is 262 g/mol. The summed E-state index contributed by atoms with van der Waals surface area (Å²) in [5, 5.41) is 15.5. The number of nitrogens with zero attached hydrogens (tertiary/aromatic N) is 2. The van der Waals surface area contributed by atoms with Gasteiger partial charge in [0.25, 0.3) is 0 Å². The maximum absolute atomic E-state index is 11.7. The zero-order chi connectivity index (χ0) is 15.5. The van der Waals surface area contributed by atoms with Crippen molar-refractivity contribution in [2.24, 2.45) is 0 Å². The van der Waals surface area contributed by atoms with Gasteiger partial charge in [0.05, 0.1) is 30.0 Å². The second-order valence-corrected chi connectivity index (χ2v) is 5.54. The highest BCUT2D eigenvalue weighted by Gasteiger charge is 2.19. The summed E-state index contributed by atoms with van der Waals surface area (Å²) in [5.41, 5.74) is 1.31. The molecule has 1 amide bonds.